The number of benzene rings is 1. The van der Waals surface area contributed by atoms with E-state index in [2.05, 4.69) is 27.5 Å². The van der Waals surface area contributed by atoms with Gasteiger partial charge in [0, 0.05) is 24.3 Å². The highest BCUT2D eigenvalue weighted by atomic mass is 16.3. The highest BCUT2D eigenvalue weighted by molar-refractivity contribution is 6.11. The minimum absolute atomic E-state index is 0.00384. The lowest BCUT2D eigenvalue weighted by Gasteiger charge is -2.22. The molecule has 0 radical (unpaired) electrons. The van der Waals surface area contributed by atoms with E-state index < -0.39 is 5.41 Å². The van der Waals surface area contributed by atoms with Crippen LogP contribution in [0.5, 0.6) is 0 Å². The Morgan fingerprint density at radius 1 is 1.23 bits per heavy atom. The summed E-state index contributed by atoms with van der Waals surface area (Å²) in [5, 5.41) is 7.06. The molecule has 1 aromatic carbocycles. The molecule has 2 N–H and O–H groups in total. The van der Waals surface area contributed by atoms with Crippen LogP contribution in [0.2, 0.25) is 0 Å². The molecule has 8 nitrogen and oxygen atoms in total. The van der Waals surface area contributed by atoms with Crippen molar-refractivity contribution in [2.24, 2.45) is 0 Å². The molecule has 6 rings (SSSR count). The van der Waals surface area contributed by atoms with Crippen LogP contribution in [0.3, 0.4) is 0 Å². The van der Waals surface area contributed by atoms with E-state index in [0.717, 1.165) is 24.1 Å². The number of aromatic nitrogens is 2. The zero-order chi connectivity index (χ0) is 21.4. The SMILES string of the molecule is Cc1oc2ncnc(NC3(C)CC3)c2c1C(=O)N1CCC2(C1)C(=O)Nc1ccccc12. The predicted molar refractivity (Wildman–Crippen MR) is 115 cm³/mol. The van der Waals surface area contributed by atoms with Crippen molar-refractivity contribution in [1.82, 2.24) is 14.9 Å². The Labute approximate surface area is 179 Å². The molecule has 158 valence electrons. The second-order valence-corrected chi connectivity index (χ2v) is 9.18. The molecule has 2 aliphatic heterocycles. The van der Waals surface area contributed by atoms with E-state index in [-0.39, 0.29) is 17.4 Å². The topological polar surface area (TPSA) is 100 Å². The number of rotatable bonds is 3. The van der Waals surface area contributed by atoms with Crippen LogP contribution in [0.15, 0.2) is 35.0 Å². The quantitative estimate of drug-likeness (QED) is 0.679. The van der Waals surface area contributed by atoms with Crippen molar-refractivity contribution in [2.75, 3.05) is 23.7 Å². The number of furan rings is 1. The Morgan fingerprint density at radius 2 is 2.03 bits per heavy atom. The number of anilines is 2. The van der Waals surface area contributed by atoms with Gasteiger partial charge in [-0.15, -0.1) is 0 Å². The fraction of sp³-hybridized carbons (Fsp3) is 0.391. The van der Waals surface area contributed by atoms with Gasteiger partial charge in [0.2, 0.25) is 11.6 Å². The zero-order valence-corrected chi connectivity index (χ0v) is 17.5. The first-order chi connectivity index (χ1) is 14.9. The van der Waals surface area contributed by atoms with Crippen LogP contribution in [0.1, 0.15) is 47.9 Å². The number of amides is 2. The highest BCUT2D eigenvalue weighted by Crippen LogP contribution is 2.45. The Balaban J connectivity index is 1.38. The third-order valence-electron chi connectivity index (χ3n) is 6.98. The molecule has 2 aromatic heterocycles. The minimum atomic E-state index is -0.696. The number of para-hydroxylation sites is 1. The molecular weight excluding hydrogens is 394 g/mol. The number of hydrogen-bond acceptors (Lipinski definition) is 6. The maximum absolute atomic E-state index is 13.7. The molecule has 2 amide bonds. The first kappa shape index (κ1) is 18.4. The van der Waals surface area contributed by atoms with E-state index in [0.29, 0.717) is 47.8 Å². The second kappa shape index (κ2) is 6.06. The largest absolute Gasteiger partial charge is 0.442 e. The Kier molecular flexibility index (Phi) is 3.59. The fourth-order valence-corrected chi connectivity index (χ4v) is 4.91. The summed E-state index contributed by atoms with van der Waals surface area (Å²) in [5.74, 6) is 0.957. The van der Waals surface area contributed by atoms with Gasteiger partial charge in [0.15, 0.2) is 0 Å². The number of carbonyl (C=O) groups excluding carboxylic acids is 2. The molecule has 0 bridgehead atoms. The number of fused-ring (bicyclic) bond motifs is 3. The molecule has 2 fully saturated rings. The summed E-state index contributed by atoms with van der Waals surface area (Å²) in [5.41, 5.74) is 1.99. The van der Waals surface area contributed by atoms with Crippen LogP contribution in [0, 0.1) is 6.92 Å². The normalized spacial score (nSPS) is 23.3. The number of aryl methyl sites for hydroxylation is 1. The van der Waals surface area contributed by atoms with Crippen molar-refractivity contribution in [1.29, 1.82) is 0 Å². The van der Waals surface area contributed by atoms with Crippen molar-refractivity contribution in [3.05, 3.63) is 47.5 Å². The Hall–Kier alpha value is -3.42. The van der Waals surface area contributed by atoms with Crippen LogP contribution in [0.25, 0.3) is 11.1 Å². The number of nitrogens with zero attached hydrogens (tertiary/aromatic N) is 3. The summed E-state index contributed by atoms with van der Waals surface area (Å²) < 4.78 is 5.83. The summed E-state index contributed by atoms with van der Waals surface area (Å²) in [6, 6.07) is 7.73. The average molecular weight is 417 g/mol. The minimum Gasteiger partial charge on any atom is -0.442 e. The number of carbonyl (C=O) groups is 2. The first-order valence-corrected chi connectivity index (χ1v) is 10.6. The van der Waals surface area contributed by atoms with Gasteiger partial charge in [0.1, 0.15) is 17.9 Å². The molecule has 3 aromatic rings. The summed E-state index contributed by atoms with van der Waals surface area (Å²) in [6.45, 7) is 4.76. The van der Waals surface area contributed by atoms with Gasteiger partial charge in [0.05, 0.1) is 16.4 Å². The van der Waals surface area contributed by atoms with Gasteiger partial charge in [-0.2, -0.15) is 0 Å². The summed E-state index contributed by atoms with van der Waals surface area (Å²) in [6.07, 6.45) is 4.16. The van der Waals surface area contributed by atoms with E-state index in [1.54, 1.807) is 11.8 Å². The van der Waals surface area contributed by atoms with Crippen molar-refractivity contribution in [2.45, 2.75) is 44.1 Å². The summed E-state index contributed by atoms with van der Waals surface area (Å²) in [7, 11) is 0. The molecule has 1 aliphatic carbocycles. The molecule has 1 saturated heterocycles. The van der Waals surface area contributed by atoms with E-state index in [1.807, 2.05) is 24.3 Å². The molecular formula is C23H23N5O3. The van der Waals surface area contributed by atoms with Crippen molar-refractivity contribution in [3.8, 4) is 0 Å². The molecule has 3 aliphatic rings. The summed E-state index contributed by atoms with van der Waals surface area (Å²) >= 11 is 0. The first-order valence-electron chi connectivity index (χ1n) is 10.6. The summed E-state index contributed by atoms with van der Waals surface area (Å²) in [4.78, 5) is 37.0. The van der Waals surface area contributed by atoms with Gasteiger partial charge in [-0.1, -0.05) is 18.2 Å². The van der Waals surface area contributed by atoms with Crippen LogP contribution in [0.4, 0.5) is 11.5 Å². The molecule has 1 unspecified atom stereocenters. The molecule has 1 spiro atoms. The second-order valence-electron chi connectivity index (χ2n) is 9.18. The average Bonchev–Trinajstić information content (AvgIpc) is 3.11. The van der Waals surface area contributed by atoms with E-state index in [1.165, 1.54) is 6.33 Å². The van der Waals surface area contributed by atoms with E-state index >= 15 is 0 Å². The Morgan fingerprint density at radius 3 is 2.84 bits per heavy atom. The third-order valence-corrected chi connectivity index (χ3v) is 6.98. The standard InChI is InChI=1S/C23H23N5O3/c1-13-16(17-18(27-22(2)7-8-22)24-12-25-19(17)31-13)20(29)28-10-9-23(11-28)14-5-3-4-6-15(14)26-21(23)30/h3-6,12H,7-11H2,1-2H3,(H,26,30)(H,24,25,27). The Bertz CT molecular complexity index is 1260. The number of hydrogen-bond donors (Lipinski definition) is 2. The zero-order valence-electron chi connectivity index (χ0n) is 17.5. The lowest BCUT2D eigenvalue weighted by Crippen LogP contribution is -2.39. The van der Waals surface area contributed by atoms with Gasteiger partial charge in [-0.05, 0) is 44.7 Å². The van der Waals surface area contributed by atoms with Crippen LogP contribution in [-0.2, 0) is 10.2 Å². The maximum Gasteiger partial charge on any atom is 0.258 e. The fourth-order valence-electron chi connectivity index (χ4n) is 4.91. The van der Waals surface area contributed by atoms with Crippen molar-refractivity contribution in [3.63, 3.8) is 0 Å². The molecule has 1 atom stereocenters. The van der Waals surface area contributed by atoms with Crippen molar-refractivity contribution < 1.29 is 14.0 Å². The van der Waals surface area contributed by atoms with Gasteiger partial charge >= 0.3 is 0 Å². The van der Waals surface area contributed by atoms with Gasteiger partial charge in [-0.3, -0.25) is 9.59 Å². The monoisotopic (exact) mass is 417 g/mol. The lowest BCUT2D eigenvalue weighted by molar-refractivity contribution is -0.120. The van der Waals surface area contributed by atoms with E-state index in [9.17, 15) is 9.59 Å². The van der Waals surface area contributed by atoms with Crippen LogP contribution < -0.4 is 10.6 Å². The van der Waals surface area contributed by atoms with Gasteiger partial charge in [0.25, 0.3) is 5.91 Å². The predicted octanol–water partition coefficient (Wildman–Crippen LogP) is 3.23. The smallest absolute Gasteiger partial charge is 0.258 e. The molecule has 4 heterocycles. The van der Waals surface area contributed by atoms with Gasteiger partial charge in [-0.25, -0.2) is 9.97 Å². The maximum atomic E-state index is 13.7. The van der Waals surface area contributed by atoms with Crippen LogP contribution in [-0.4, -0.2) is 45.3 Å². The molecule has 8 heteroatoms. The molecule has 1 saturated carbocycles. The van der Waals surface area contributed by atoms with E-state index in [4.69, 9.17) is 4.42 Å². The lowest BCUT2D eigenvalue weighted by atomic mass is 9.81. The number of likely N-dealkylation sites (tertiary alicyclic amines) is 1. The third kappa shape index (κ3) is 2.60. The van der Waals surface area contributed by atoms with Crippen LogP contribution >= 0.6 is 0 Å². The van der Waals surface area contributed by atoms with Crippen molar-refractivity contribution >= 4 is 34.4 Å². The molecule has 31 heavy (non-hydrogen) atoms. The number of nitrogens with one attached hydrogen (secondary N) is 2. The highest BCUT2D eigenvalue weighted by Gasteiger charge is 2.52. The van der Waals surface area contributed by atoms with Gasteiger partial charge < -0.3 is 20.0 Å².